The number of unbranched alkanes of at least 4 members (excludes halogenated alkanes) is 4. The Bertz CT molecular complexity index is 1280. The van der Waals surface area contributed by atoms with Crippen LogP contribution >= 0.6 is 0 Å². The zero-order chi connectivity index (χ0) is 24.5. The average molecular weight is 472 g/mol. The van der Waals surface area contributed by atoms with Gasteiger partial charge in [0, 0.05) is 18.5 Å². The zero-order valence-electron chi connectivity index (χ0n) is 20.5. The molecule has 0 aliphatic carbocycles. The first kappa shape index (κ1) is 24.3. The van der Waals surface area contributed by atoms with Crippen molar-refractivity contribution in [3.05, 3.63) is 82.6 Å². The van der Waals surface area contributed by atoms with Crippen LogP contribution in [0.4, 0.5) is 0 Å². The smallest absolute Gasteiger partial charge is 0.274 e. The Morgan fingerprint density at radius 1 is 0.971 bits per heavy atom. The number of tetrazole rings is 1. The molecule has 2 aromatic heterocycles. The number of nitrogens with zero attached hydrogens (tertiary/aromatic N) is 6. The lowest BCUT2D eigenvalue weighted by atomic mass is 9.98. The Morgan fingerprint density at radius 2 is 1.74 bits per heavy atom. The van der Waals surface area contributed by atoms with Gasteiger partial charge < -0.3 is 0 Å². The number of rotatable bonds is 12. The molecule has 1 N–H and O–H groups in total. The van der Waals surface area contributed by atoms with E-state index >= 15 is 0 Å². The number of benzene rings is 2. The van der Waals surface area contributed by atoms with E-state index in [0.29, 0.717) is 25.3 Å². The van der Waals surface area contributed by atoms with Crippen LogP contribution in [0.2, 0.25) is 0 Å². The minimum absolute atomic E-state index is 0.0356. The Balaban J connectivity index is 1.54. The Morgan fingerprint density at radius 3 is 2.46 bits per heavy atom. The monoisotopic (exact) mass is 471 g/mol. The summed E-state index contributed by atoms with van der Waals surface area (Å²) in [5.74, 6) is 1.36. The van der Waals surface area contributed by atoms with E-state index in [1.165, 1.54) is 19.3 Å². The SMILES string of the molecule is C/C=C/Cc1nn(CCCCCCC)c(=O)n1Cc1ccc(-c2ccccc2-c2nn[nH]n2)cc1. The molecule has 0 saturated carbocycles. The summed E-state index contributed by atoms with van der Waals surface area (Å²) < 4.78 is 3.44. The van der Waals surface area contributed by atoms with Crippen molar-refractivity contribution in [2.45, 2.75) is 65.5 Å². The normalized spacial score (nSPS) is 11.5. The summed E-state index contributed by atoms with van der Waals surface area (Å²) in [7, 11) is 0. The molecule has 35 heavy (non-hydrogen) atoms. The van der Waals surface area contributed by atoms with Gasteiger partial charge in [-0.2, -0.15) is 10.3 Å². The second kappa shape index (κ2) is 12.1. The third-order valence-corrected chi connectivity index (χ3v) is 6.13. The van der Waals surface area contributed by atoms with Crippen molar-refractivity contribution in [3.8, 4) is 22.5 Å². The summed E-state index contributed by atoms with van der Waals surface area (Å²) in [6, 6.07) is 16.3. The van der Waals surface area contributed by atoms with Gasteiger partial charge in [0.25, 0.3) is 0 Å². The summed E-state index contributed by atoms with van der Waals surface area (Å²) in [4.78, 5) is 13.2. The van der Waals surface area contributed by atoms with Gasteiger partial charge in [-0.15, -0.1) is 10.2 Å². The molecule has 2 aromatic carbocycles. The third kappa shape index (κ3) is 6.01. The fourth-order valence-electron chi connectivity index (χ4n) is 4.21. The van der Waals surface area contributed by atoms with Crippen LogP contribution in [-0.2, 0) is 19.5 Å². The minimum atomic E-state index is -0.0356. The van der Waals surface area contributed by atoms with Crippen molar-refractivity contribution in [1.29, 1.82) is 0 Å². The molecule has 2 heterocycles. The Kier molecular flexibility index (Phi) is 8.38. The summed E-state index contributed by atoms with van der Waals surface area (Å²) >= 11 is 0. The standard InChI is InChI=1S/C27H33N7O/c1-3-5-7-8-11-19-34-27(35)33(25(30-34)14-6-4-2)20-21-15-17-22(18-16-21)23-12-9-10-13-24(23)26-28-31-32-29-26/h4,6,9-10,12-13,15-18H,3,5,7-8,11,14,19-20H2,1-2H3,(H,28,29,31,32)/b6-4+. The maximum absolute atomic E-state index is 13.2. The number of hydrogen-bond acceptors (Lipinski definition) is 5. The van der Waals surface area contributed by atoms with E-state index in [2.05, 4.69) is 56.9 Å². The van der Waals surface area contributed by atoms with Gasteiger partial charge in [0.15, 0.2) is 0 Å². The van der Waals surface area contributed by atoms with Crippen LogP contribution in [0.25, 0.3) is 22.5 Å². The van der Waals surface area contributed by atoms with Gasteiger partial charge >= 0.3 is 5.69 Å². The Hall–Kier alpha value is -3.81. The molecule has 0 aliphatic heterocycles. The van der Waals surface area contributed by atoms with Gasteiger partial charge in [0.1, 0.15) is 5.82 Å². The highest BCUT2D eigenvalue weighted by molar-refractivity contribution is 5.80. The number of aromatic amines is 1. The maximum Gasteiger partial charge on any atom is 0.346 e. The van der Waals surface area contributed by atoms with Crippen LogP contribution in [0, 0.1) is 0 Å². The minimum Gasteiger partial charge on any atom is -0.274 e. The van der Waals surface area contributed by atoms with Crippen molar-refractivity contribution in [3.63, 3.8) is 0 Å². The van der Waals surface area contributed by atoms with E-state index in [9.17, 15) is 4.79 Å². The lowest BCUT2D eigenvalue weighted by Crippen LogP contribution is -2.26. The van der Waals surface area contributed by atoms with E-state index in [1.807, 2.05) is 43.3 Å². The molecule has 8 nitrogen and oxygen atoms in total. The molecule has 0 saturated heterocycles. The van der Waals surface area contributed by atoms with Crippen LogP contribution in [0.5, 0.6) is 0 Å². The van der Waals surface area contributed by atoms with Crippen molar-refractivity contribution < 1.29 is 0 Å². The molecular weight excluding hydrogens is 438 g/mol. The van der Waals surface area contributed by atoms with Crippen LogP contribution < -0.4 is 5.69 Å². The van der Waals surface area contributed by atoms with Crippen LogP contribution in [0.3, 0.4) is 0 Å². The van der Waals surface area contributed by atoms with E-state index in [1.54, 1.807) is 9.25 Å². The lowest BCUT2D eigenvalue weighted by Gasteiger charge is -2.09. The fourth-order valence-corrected chi connectivity index (χ4v) is 4.21. The number of aryl methyl sites for hydroxylation is 1. The summed E-state index contributed by atoms with van der Waals surface area (Å²) in [5, 5.41) is 19.1. The first-order chi connectivity index (χ1) is 17.2. The van der Waals surface area contributed by atoms with Gasteiger partial charge in [0.05, 0.1) is 6.54 Å². The van der Waals surface area contributed by atoms with Crippen molar-refractivity contribution in [1.82, 2.24) is 35.0 Å². The molecule has 4 rings (SSSR count). The average Bonchev–Trinajstić information content (AvgIpc) is 3.53. The van der Waals surface area contributed by atoms with Gasteiger partial charge in [-0.3, -0.25) is 4.57 Å². The predicted molar refractivity (Wildman–Crippen MR) is 138 cm³/mol. The molecule has 8 heteroatoms. The quantitative estimate of drug-likeness (QED) is 0.231. The highest BCUT2D eigenvalue weighted by Crippen LogP contribution is 2.29. The Labute approximate surface area is 205 Å². The van der Waals surface area contributed by atoms with Crippen molar-refractivity contribution in [2.24, 2.45) is 0 Å². The van der Waals surface area contributed by atoms with Crippen LogP contribution in [0.15, 0.2) is 65.5 Å². The molecule has 0 amide bonds. The summed E-state index contributed by atoms with van der Waals surface area (Å²) in [5.41, 5.74) is 4.02. The largest absolute Gasteiger partial charge is 0.346 e. The molecular formula is C27H33N7O. The van der Waals surface area contributed by atoms with Gasteiger partial charge in [0.2, 0.25) is 5.82 Å². The van der Waals surface area contributed by atoms with Crippen molar-refractivity contribution in [2.75, 3.05) is 0 Å². The first-order valence-corrected chi connectivity index (χ1v) is 12.4. The van der Waals surface area contributed by atoms with E-state index in [0.717, 1.165) is 40.9 Å². The molecule has 0 unspecified atom stereocenters. The third-order valence-electron chi connectivity index (χ3n) is 6.13. The summed E-state index contributed by atoms with van der Waals surface area (Å²) in [6.45, 7) is 5.36. The van der Waals surface area contributed by atoms with E-state index in [-0.39, 0.29) is 5.69 Å². The number of nitrogens with one attached hydrogen (secondary N) is 1. The lowest BCUT2D eigenvalue weighted by molar-refractivity contribution is 0.515. The molecule has 0 bridgehead atoms. The molecule has 0 aliphatic rings. The molecule has 0 fully saturated rings. The van der Waals surface area contributed by atoms with Crippen molar-refractivity contribution >= 4 is 0 Å². The number of aromatic nitrogens is 7. The highest BCUT2D eigenvalue weighted by Gasteiger charge is 2.14. The van der Waals surface area contributed by atoms with Crippen LogP contribution in [0.1, 0.15) is 57.3 Å². The highest BCUT2D eigenvalue weighted by atomic mass is 16.2. The second-order valence-corrected chi connectivity index (χ2v) is 8.67. The van der Waals surface area contributed by atoms with Gasteiger partial charge in [-0.05, 0) is 35.2 Å². The van der Waals surface area contributed by atoms with E-state index in [4.69, 9.17) is 0 Å². The topological polar surface area (TPSA) is 94.3 Å². The molecule has 0 atom stereocenters. The zero-order valence-corrected chi connectivity index (χ0v) is 20.5. The number of allylic oxidation sites excluding steroid dienone is 2. The van der Waals surface area contributed by atoms with E-state index < -0.39 is 0 Å². The van der Waals surface area contributed by atoms with Gasteiger partial charge in [-0.25, -0.2) is 9.48 Å². The number of hydrogen-bond donors (Lipinski definition) is 1. The second-order valence-electron chi connectivity index (χ2n) is 8.67. The maximum atomic E-state index is 13.2. The van der Waals surface area contributed by atoms with Gasteiger partial charge in [-0.1, -0.05) is 93.3 Å². The first-order valence-electron chi connectivity index (χ1n) is 12.4. The molecule has 182 valence electrons. The number of H-pyrrole nitrogens is 1. The van der Waals surface area contributed by atoms with Crippen LogP contribution in [-0.4, -0.2) is 35.0 Å². The molecule has 4 aromatic rings. The fraction of sp³-hybridized carbons (Fsp3) is 0.370. The molecule has 0 radical (unpaired) electrons. The predicted octanol–water partition coefficient (Wildman–Crippen LogP) is 5.03. The summed E-state index contributed by atoms with van der Waals surface area (Å²) in [6.07, 6.45) is 10.5. The molecule has 0 spiro atoms.